The maximum Gasteiger partial charge on any atom is 0.0212 e. The molecule has 1 rings (SSSR count). The van der Waals surface area contributed by atoms with E-state index >= 15 is 0 Å². The van der Waals surface area contributed by atoms with Crippen LogP contribution in [-0.2, 0) is 0 Å². The van der Waals surface area contributed by atoms with E-state index in [2.05, 4.69) is 38.1 Å². The summed E-state index contributed by atoms with van der Waals surface area (Å²) >= 11 is 6.32. The van der Waals surface area contributed by atoms with Crippen LogP contribution in [0.1, 0.15) is 20.3 Å². The fourth-order valence-corrected chi connectivity index (χ4v) is 3.22. The van der Waals surface area contributed by atoms with Crippen molar-refractivity contribution in [3.05, 3.63) is 30.3 Å². The van der Waals surface area contributed by atoms with Gasteiger partial charge in [0, 0.05) is 7.27 Å². The van der Waals surface area contributed by atoms with Crippen molar-refractivity contribution in [2.75, 3.05) is 6.16 Å². The maximum atomic E-state index is 6.32. The smallest absolute Gasteiger partial charge is 0.0212 e. The predicted octanol–water partition coefficient (Wildman–Crippen LogP) is 3.99. The third kappa shape index (κ3) is 4.11. The van der Waals surface area contributed by atoms with Crippen LogP contribution in [0.3, 0.4) is 0 Å². The summed E-state index contributed by atoms with van der Waals surface area (Å²) in [4.78, 5) is 0. The minimum atomic E-state index is -0.436. The molecular weight excluding hydrogens is 199 g/mol. The van der Waals surface area contributed by atoms with Gasteiger partial charge in [0.25, 0.3) is 0 Å². The van der Waals surface area contributed by atoms with Crippen molar-refractivity contribution in [3.63, 3.8) is 0 Å². The Morgan fingerprint density at radius 1 is 1.23 bits per heavy atom. The summed E-state index contributed by atoms with van der Waals surface area (Å²) in [6.07, 6.45) is 2.36. The highest BCUT2D eigenvalue weighted by molar-refractivity contribution is 7.89. The second-order valence-corrected chi connectivity index (χ2v) is 6.52. The summed E-state index contributed by atoms with van der Waals surface area (Å²) in [6.45, 7) is 4.48. The monoisotopic (exact) mass is 214 g/mol. The van der Waals surface area contributed by atoms with E-state index in [1.165, 1.54) is 11.7 Å². The Labute approximate surface area is 86.9 Å². The molecule has 0 fully saturated rings. The Morgan fingerprint density at radius 3 is 2.38 bits per heavy atom. The molecule has 0 heterocycles. The van der Waals surface area contributed by atoms with E-state index in [1.54, 1.807) is 0 Å². The lowest BCUT2D eigenvalue weighted by molar-refractivity contribution is 0.631. The number of hydrogen-bond acceptors (Lipinski definition) is 0. The van der Waals surface area contributed by atoms with Crippen LogP contribution in [-0.4, -0.2) is 6.16 Å². The maximum absolute atomic E-state index is 6.32. The van der Waals surface area contributed by atoms with E-state index < -0.39 is 7.27 Å². The van der Waals surface area contributed by atoms with Crippen molar-refractivity contribution in [2.24, 2.45) is 5.92 Å². The first-order chi connectivity index (χ1) is 6.20. The quantitative estimate of drug-likeness (QED) is 0.665. The third-order valence-corrected chi connectivity index (χ3v) is 4.54. The molecule has 13 heavy (non-hydrogen) atoms. The van der Waals surface area contributed by atoms with Gasteiger partial charge >= 0.3 is 0 Å². The van der Waals surface area contributed by atoms with Gasteiger partial charge in [-0.25, -0.2) is 0 Å². The summed E-state index contributed by atoms with van der Waals surface area (Å²) in [7, 11) is -0.436. The van der Waals surface area contributed by atoms with Gasteiger partial charge in [0.1, 0.15) is 0 Å². The molecule has 0 bridgehead atoms. The topological polar surface area (TPSA) is 0 Å². The number of halogens is 1. The molecule has 0 aliphatic heterocycles. The van der Waals surface area contributed by atoms with Crippen molar-refractivity contribution >= 4 is 23.8 Å². The van der Waals surface area contributed by atoms with Gasteiger partial charge in [-0.1, -0.05) is 55.4 Å². The van der Waals surface area contributed by atoms with Crippen LogP contribution in [0.2, 0.25) is 0 Å². The van der Waals surface area contributed by atoms with Gasteiger partial charge < -0.3 is 0 Å². The molecule has 1 atom stereocenters. The molecule has 0 aliphatic rings. The number of benzene rings is 1. The molecule has 0 saturated heterocycles. The van der Waals surface area contributed by atoms with Crippen LogP contribution in [0.15, 0.2) is 30.3 Å². The zero-order chi connectivity index (χ0) is 9.68. The summed E-state index contributed by atoms with van der Waals surface area (Å²) < 4.78 is 0. The zero-order valence-electron chi connectivity index (χ0n) is 8.20. The van der Waals surface area contributed by atoms with Crippen LogP contribution in [0.25, 0.3) is 0 Å². The molecular formula is C11H16ClP. The van der Waals surface area contributed by atoms with Gasteiger partial charge in [-0.2, -0.15) is 0 Å². The standard InChI is InChI=1S/C11H16ClP/c1-10(2)8-9-13(12)11-6-4-3-5-7-11/h3-7,10H,8-9H2,1-2H3. The van der Waals surface area contributed by atoms with Gasteiger partial charge in [0.05, 0.1) is 0 Å². The van der Waals surface area contributed by atoms with Crippen LogP contribution < -0.4 is 5.30 Å². The summed E-state index contributed by atoms with van der Waals surface area (Å²) in [5, 5.41) is 1.31. The molecule has 0 radical (unpaired) electrons. The second-order valence-electron chi connectivity index (χ2n) is 3.60. The SMILES string of the molecule is CC(C)CCP(Cl)c1ccccc1. The highest BCUT2D eigenvalue weighted by atomic mass is 35.7. The van der Waals surface area contributed by atoms with Crippen LogP contribution in [0.4, 0.5) is 0 Å². The zero-order valence-corrected chi connectivity index (χ0v) is 9.85. The average molecular weight is 215 g/mol. The number of hydrogen-bond donors (Lipinski definition) is 0. The van der Waals surface area contributed by atoms with Crippen molar-refractivity contribution in [3.8, 4) is 0 Å². The first-order valence-electron chi connectivity index (χ1n) is 4.68. The molecule has 0 aliphatic carbocycles. The molecule has 1 aromatic carbocycles. The third-order valence-electron chi connectivity index (χ3n) is 1.94. The molecule has 1 unspecified atom stereocenters. The van der Waals surface area contributed by atoms with Gasteiger partial charge in [0.15, 0.2) is 0 Å². The van der Waals surface area contributed by atoms with Crippen molar-refractivity contribution in [1.82, 2.24) is 0 Å². The fraction of sp³-hybridized carbons (Fsp3) is 0.455. The van der Waals surface area contributed by atoms with Gasteiger partial charge in [-0.15, -0.1) is 0 Å². The average Bonchev–Trinajstić information content (AvgIpc) is 2.15. The van der Waals surface area contributed by atoms with Crippen LogP contribution in [0.5, 0.6) is 0 Å². The van der Waals surface area contributed by atoms with Gasteiger partial charge in [-0.3, -0.25) is 0 Å². The molecule has 0 nitrogen and oxygen atoms in total. The van der Waals surface area contributed by atoms with Crippen molar-refractivity contribution in [2.45, 2.75) is 20.3 Å². The molecule has 2 heteroatoms. The van der Waals surface area contributed by atoms with Gasteiger partial charge in [0.2, 0.25) is 0 Å². The number of rotatable bonds is 4. The van der Waals surface area contributed by atoms with Gasteiger partial charge in [-0.05, 0) is 23.8 Å². The normalized spacial score (nSPS) is 13.2. The second kappa shape index (κ2) is 5.62. The molecule has 0 aromatic heterocycles. The van der Waals surface area contributed by atoms with E-state index in [4.69, 9.17) is 11.2 Å². The lowest BCUT2D eigenvalue weighted by Gasteiger charge is -2.10. The Balaban J connectivity index is 2.44. The Kier molecular flexibility index (Phi) is 4.77. The predicted molar refractivity (Wildman–Crippen MR) is 63.2 cm³/mol. The van der Waals surface area contributed by atoms with E-state index in [0.717, 1.165) is 12.1 Å². The molecule has 0 spiro atoms. The van der Waals surface area contributed by atoms with E-state index in [9.17, 15) is 0 Å². The Morgan fingerprint density at radius 2 is 1.85 bits per heavy atom. The Bertz CT molecular complexity index is 233. The molecule has 0 amide bonds. The highest BCUT2D eigenvalue weighted by Crippen LogP contribution is 2.41. The largest absolute Gasteiger partial charge is 0.0912 e. The Hall–Kier alpha value is -0.0600. The first-order valence-corrected chi connectivity index (χ1v) is 7.11. The molecule has 0 saturated carbocycles. The molecule has 72 valence electrons. The van der Waals surface area contributed by atoms with Crippen molar-refractivity contribution in [1.29, 1.82) is 0 Å². The summed E-state index contributed by atoms with van der Waals surface area (Å²) in [6, 6.07) is 10.4. The van der Waals surface area contributed by atoms with Crippen molar-refractivity contribution < 1.29 is 0 Å². The van der Waals surface area contributed by atoms with Crippen LogP contribution in [0, 0.1) is 5.92 Å². The molecule has 1 aromatic rings. The first kappa shape index (κ1) is 11.0. The summed E-state index contributed by atoms with van der Waals surface area (Å²) in [5.41, 5.74) is 0. The minimum Gasteiger partial charge on any atom is -0.0912 e. The van der Waals surface area contributed by atoms with E-state index in [-0.39, 0.29) is 0 Å². The molecule has 0 N–H and O–H groups in total. The highest BCUT2D eigenvalue weighted by Gasteiger charge is 2.07. The summed E-state index contributed by atoms with van der Waals surface area (Å²) in [5.74, 6) is 0.757. The minimum absolute atomic E-state index is 0.436. The lowest BCUT2D eigenvalue weighted by Crippen LogP contribution is -2.00. The lowest BCUT2D eigenvalue weighted by atomic mass is 10.2. The fourth-order valence-electron chi connectivity index (χ4n) is 1.09. The van der Waals surface area contributed by atoms with Crippen LogP contribution >= 0.6 is 18.5 Å². The van der Waals surface area contributed by atoms with E-state index in [1.807, 2.05) is 6.07 Å². The van der Waals surface area contributed by atoms with E-state index in [0.29, 0.717) is 0 Å².